The molecule has 0 saturated carbocycles. The topological polar surface area (TPSA) is 104 Å². The zero-order chi connectivity index (χ0) is 26.8. The van der Waals surface area contributed by atoms with Crippen LogP contribution in [0.25, 0.3) is 10.9 Å². The van der Waals surface area contributed by atoms with Gasteiger partial charge in [-0.1, -0.05) is 24.3 Å². The summed E-state index contributed by atoms with van der Waals surface area (Å²) >= 11 is 0. The average Bonchev–Trinajstić information content (AvgIpc) is 2.93. The summed E-state index contributed by atoms with van der Waals surface area (Å²) in [6.45, 7) is 0. The van der Waals surface area contributed by atoms with E-state index in [0.29, 0.717) is 41.0 Å². The van der Waals surface area contributed by atoms with Gasteiger partial charge in [-0.15, -0.1) is 0 Å². The second-order valence-corrected chi connectivity index (χ2v) is 8.95. The summed E-state index contributed by atoms with van der Waals surface area (Å²) in [6.07, 6.45) is 3.42. The molecule has 0 aliphatic heterocycles. The molecule has 1 aromatic heterocycles. The number of carbonyl (C=O) groups is 2. The maximum Gasteiger partial charge on any atom is 0.316 e. The first-order valence-electron chi connectivity index (χ1n) is 12.1. The van der Waals surface area contributed by atoms with Gasteiger partial charge in [0.1, 0.15) is 5.75 Å². The Balaban J connectivity index is 1.47. The molecule has 1 aliphatic rings. The van der Waals surface area contributed by atoms with E-state index in [0.717, 1.165) is 12.0 Å². The molecule has 194 valence electrons. The molecule has 2 N–H and O–H groups in total. The fraction of sp³-hybridized carbons (Fsp3) is 0.207. The summed E-state index contributed by atoms with van der Waals surface area (Å²) in [5, 5.41) is 0.597. The number of fused-ring (bicyclic) bond motifs is 2. The number of primary amides is 1. The molecule has 5 rings (SSSR count). The van der Waals surface area contributed by atoms with Crippen LogP contribution in [0.15, 0.2) is 66.9 Å². The van der Waals surface area contributed by atoms with Gasteiger partial charge in [0.15, 0.2) is 23.1 Å². The van der Waals surface area contributed by atoms with Crippen molar-refractivity contribution >= 4 is 28.4 Å². The molecule has 1 heterocycles. The van der Waals surface area contributed by atoms with E-state index in [1.807, 2.05) is 24.3 Å². The smallest absolute Gasteiger partial charge is 0.316 e. The predicted octanol–water partition coefficient (Wildman–Crippen LogP) is 4.56. The van der Waals surface area contributed by atoms with Crippen LogP contribution in [0, 0.1) is 5.82 Å². The van der Waals surface area contributed by atoms with Crippen molar-refractivity contribution in [1.29, 1.82) is 0 Å². The number of nitrogens with two attached hydrogens (primary N) is 1. The number of benzene rings is 3. The lowest BCUT2D eigenvalue weighted by Crippen LogP contribution is -2.48. The van der Waals surface area contributed by atoms with Crippen molar-refractivity contribution in [3.05, 3.63) is 83.8 Å². The second-order valence-electron chi connectivity index (χ2n) is 8.95. The summed E-state index contributed by atoms with van der Waals surface area (Å²) in [6, 6.07) is 16.8. The van der Waals surface area contributed by atoms with E-state index in [1.165, 1.54) is 36.8 Å². The van der Waals surface area contributed by atoms with E-state index in [4.69, 9.17) is 19.9 Å². The third kappa shape index (κ3) is 4.70. The Bertz CT molecular complexity index is 1540. The molecule has 3 aromatic carbocycles. The summed E-state index contributed by atoms with van der Waals surface area (Å²) < 4.78 is 32.0. The Kier molecular flexibility index (Phi) is 6.83. The molecule has 0 fully saturated rings. The molecule has 38 heavy (non-hydrogen) atoms. The molecule has 0 unspecified atom stereocenters. The second kappa shape index (κ2) is 10.4. The molecular weight excluding hydrogens is 489 g/mol. The number of aromatic nitrogens is 1. The minimum absolute atomic E-state index is 0.0588. The van der Waals surface area contributed by atoms with Crippen LogP contribution in [0.4, 0.5) is 10.1 Å². The number of nitrogens with zero attached hydrogens (tertiary/aromatic N) is 2. The number of ether oxygens (including phenoxy) is 3. The van der Waals surface area contributed by atoms with Gasteiger partial charge in [-0.2, -0.15) is 0 Å². The lowest BCUT2D eigenvalue weighted by molar-refractivity contribution is -0.136. The van der Waals surface area contributed by atoms with Crippen molar-refractivity contribution in [2.45, 2.75) is 25.3 Å². The number of amides is 2. The first kappa shape index (κ1) is 25.0. The Morgan fingerprint density at radius 3 is 2.39 bits per heavy atom. The normalized spacial score (nSPS) is 14.4. The van der Waals surface area contributed by atoms with Gasteiger partial charge in [-0.25, -0.2) is 4.39 Å². The fourth-order valence-electron chi connectivity index (χ4n) is 4.89. The highest BCUT2D eigenvalue weighted by molar-refractivity contribution is 6.40. The van der Waals surface area contributed by atoms with E-state index in [2.05, 4.69) is 4.98 Å². The maximum absolute atomic E-state index is 15.4. The molecule has 0 spiro atoms. The van der Waals surface area contributed by atoms with Crippen molar-refractivity contribution in [3.8, 4) is 23.0 Å². The highest BCUT2D eigenvalue weighted by Crippen LogP contribution is 2.38. The maximum atomic E-state index is 15.4. The minimum Gasteiger partial charge on any atom is -0.493 e. The van der Waals surface area contributed by atoms with Crippen molar-refractivity contribution in [1.82, 2.24) is 4.98 Å². The van der Waals surface area contributed by atoms with Gasteiger partial charge >= 0.3 is 11.8 Å². The number of hydrogen-bond donors (Lipinski definition) is 1. The zero-order valence-electron chi connectivity index (χ0n) is 20.9. The Morgan fingerprint density at radius 2 is 1.68 bits per heavy atom. The molecule has 8 nitrogen and oxygen atoms in total. The van der Waals surface area contributed by atoms with E-state index in [1.54, 1.807) is 30.5 Å². The SMILES string of the molecule is COc1cc2nccc(Oc3ccc(N(C(=O)C(N)=O)[C@H]4CCc5ccccc5C4)cc3F)c2cc1OC. The highest BCUT2D eigenvalue weighted by Gasteiger charge is 2.32. The minimum atomic E-state index is -1.10. The Hall–Kier alpha value is -4.66. The number of rotatable bonds is 6. The largest absolute Gasteiger partial charge is 0.493 e. The number of anilines is 1. The van der Waals surface area contributed by atoms with Crippen LogP contribution in [0.2, 0.25) is 0 Å². The molecule has 1 atom stereocenters. The average molecular weight is 516 g/mol. The molecular formula is C29H26FN3O5. The number of aryl methyl sites for hydroxylation is 1. The molecule has 0 saturated heterocycles. The van der Waals surface area contributed by atoms with Crippen molar-refractivity contribution in [3.63, 3.8) is 0 Å². The van der Waals surface area contributed by atoms with E-state index in [9.17, 15) is 9.59 Å². The predicted molar refractivity (Wildman–Crippen MR) is 140 cm³/mol. The van der Waals surface area contributed by atoms with Crippen LogP contribution in [-0.2, 0) is 22.4 Å². The Morgan fingerprint density at radius 1 is 0.947 bits per heavy atom. The molecule has 2 amide bonds. The zero-order valence-corrected chi connectivity index (χ0v) is 20.9. The van der Waals surface area contributed by atoms with Crippen molar-refractivity contribution in [2.24, 2.45) is 5.73 Å². The van der Waals surface area contributed by atoms with Crippen LogP contribution in [-0.4, -0.2) is 37.1 Å². The summed E-state index contributed by atoms with van der Waals surface area (Å²) in [5.74, 6) is -1.41. The molecule has 0 bridgehead atoms. The van der Waals surface area contributed by atoms with Gasteiger partial charge < -0.3 is 24.8 Å². The number of hydrogen-bond acceptors (Lipinski definition) is 6. The van der Waals surface area contributed by atoms with Gasteiger partial charge in [0.25, 0.3) is 0 Å². The summed E-state index contributed by atoms with van der Waals surface area (Å²) in [7, 11) is 3.04. The van der Waals surface area contributed by atoms with Gasteiger partial charge in [0, 0.05) is 35.4 Å². The van der Waals surface area contributed by atoms with Crippen LogP contribution in [0.1, 0.15) is 17.5 Å². The fourth-order valence-corrected chi connectivity index (χ4v) is 4.89. The van der Waals surface area contributed by atoms with E-state index in [-0.39, 0.29) is 17.5 Å². The van der Waals surface area contributed by atoms with E-state index >= 15 is 4.39 Å². The quantitative estimate of drug-likeness (QED) is 0.378. The van der Waals surface area contributed by atoms with Gasteiger partial charge in [0.2, 0.25) is 0 Å². The third-order valence-corrected chi connectivity index (χ3v) is 6.74. The van der Waals surface area contributed by atoms with Gasteiger partial charge in [0.05, 0.1) is 19.7 Å². The number of halogens is 1. The standard InChI is InChI=1S/C29H26FN3O5/c1-36-26-15-21-23(16-27(26)37-2)32-12-11-24(21)38-25-10-9-20(14-22(25)30)33(29(35)28(31)34)19-8-7-17-5-3-4-6-18(17)13-19/h3-6,9-12,14-16,19H,7-8,13H2,1-2H3,(H2,31,34)/t19-/m0/s1. The first-order valence-corrected chi connectivity index (χ1v) is 12.1. The number of carbonyl (C=O) groups excluding carboxylic acids is 2. The van der Waals surface area contributed by atoms with Gasteiger partial charge in [-0.3, -0.25) is 14.6 Å². The molecule has 0 radical (unpaired) electrons. The van der Waals surface area contributed by atoms with Crippen LogP contribution < -0.4 is 24.8 Å². The van der Waals surface area contributed by atoms with Crippen LogP contribution >= 0.6 is 0 Å². The van der Waals surface area contributed by atoms with Crippen molar-refractivity contribution < 1.29 is 28.2 Å². The molecule has 4 aromatic rings. The summed E-state index contributed by atoms with van der Waals surface area (Å²) in [4.78, 5) is 30.4. The van der Waals surface area contributed by atoms with Gasteiger partial charge in [-0.05, 0) is 54.7 Å². The lowest BCUT2D eigenvalue weighted by Gasteiger charge is -2.34. The first-order chi connectivity index (χ1) is 18.4. The van der Waals surface area contributed by atoms with Crippen molar-refractivity contribution in [2.75, 3.05) is 19.1 Å². The molecule has 1 aliphatic carbocycles. The lowest BCUT2D eigenvalue weighted by atomic mass is 9.87. The van der Waals surface area contributed by atoms with E-state index < -0.39 is 17.6 Å². The summed E-state index contributed by atoms with van der Waals surface area (Å²) in [5.41, 5.74) is 8.46. The number of methoxy groups -OCH3 is 2. The Labute approximate surface area is 218 Å². The molecule has 9 heteroatoms. The monoisotopic (exact) mass is 515 g/mol. The third-order valence-electron chi connectivity index (χ3n) is 6.74. The van der Waals surface area contributed by atoms with Crippen LogP contribution in [0.5, 0.6) is 23.0 Å². The highest BCUT2D eigenvalue weighted by atomic mass is 19.1. The van der Waals surface area contributed by atoms with Crippen LogP contribution in [0.3, 0.4) is 0 Å². The number of pyridine rings is 1.